The molecule has 2 fully saturated rings. The Kier molecular flexibility index (Phi) is 4.59. The van der Waals surface area contributed by atoms with Crippen LogP contribution in [0.2, 0.25) is 0 Å². The van der Waals surface area contributed by atoms with E-state index in [-0.39, 0.29) is 12.3 Å². The van der Waals surface area contributed by atoms with Gasteiger partial charge in [-0.2, -0.15) is 0 Å². The van der Waals surface area contributed by atoms with Gasteiger partial charge in [0.05, 0.1) is 24.7 Å². The minimum absolute atomic E-state index is 0.0650. The third-order valence-electron chi connectivity index (χ3n) is 4.09. The van der Waals surface area contributed by atoms with E-state index in [0.717, 1.165) is 26.1 Å². The fourth-order valence-electron chi connectivity index (χ4n) is 2.87. The van der Waals surface area contributed by atoms with Crippen molar-refractivity contribution in [2.24, 2.45) is 11.7 Å². The predicted molar refractivity (Wildman–Crippen MR) is 67.9 cm³/mol. The van der Waals surface area contributed by atoms with E-state index in [0.29, 0.717) is 12.2 Å². The van der Waals surface area contributed by atoms with Gasteiger partial charge in [-0.25, -0.2) is 0 Å². The summed E-state index contributed by atoms with van der Waals surface area (Å²) in [5.74, 6) is -0.322. The fraction of sp³-hybridized carbons (Fsp3) is 0.923. The van der Waals surface area contributed by atoms with E-state index < -0.39 is 12.0 Å². The molecule has 0 spiro atoms. The Morgan fingerprint density at radius 3 is 2.61 bits per heavy atom. The van der Waals surface area contributed by atoms with Crippen LogP contribution in [0.1, 0.15) is 32.6 Å². The molecule has 5 heteroatoms. The molecule has 0 aromatic heterocycles. The van der Waals surface area contributed by atoms with Crippen molar-refractivity contribution in [2.45, 2.75) is 50.9 Å². The smallest absolute Gasteiger partial charge is 0.220 e. The minimum atomic E-state index is -0.611. The molecule has 0 aromatic rings. The lowest BCUT2D eigenvalue weighted by Gasteiger charge is -2.33. The van der Waals surface area contributed by atoms with Crippen molar-refractivity contribution in [1.29, 1.82) is 0 Å². The molecule has 0 radical (unpaired) electrons. The van der Waals surface area contributed by atoms with Gasteiger partial charge >= 0.3 is 0 Å². The van der Waals surface area contributed by atoms with Gasteiger partial charge in [0, 0.05) is 13.1 Å². The van der Waals surface area contributed by atoms with E-state index in [2.05, 4.69) is 4.90 Å². The van der Waals surface area contributed by atoms with Gasteiger partial charge in [0.25, 0.3) is 0 Å². The van der Waals surface area contributed by atoms with Crippen molar-refractivity contribution in [3.8, 4) is 0 Å². The number of carbonyl (C=O) groups excluding carboxylic acids is 1. The zero-order valence-corrected chi connectivity index (χ0v) is 11.0. The first-order valence-electron chi connectivity index (χ1n) is 6.88. The number of rotatable bonds is 6. The van der Waals surface area contributed by atoms with Crippen LogP contribution in [0.3, 0.4) is 0 Å². The molecule has 0 aromatic carbocycles. The molecule has 4 atom stereocenters. The first kappa shape index (κ1) is 13.8. The number of aliphatic hydroxyl groups is 1. The van der Waals surface area contributed by atoms with Crippen LogP contribution in [0, 0.1) is 5.92 Å². The first-order chi connectivity index (χ1) is 8.54. The number of likely N-dealkylation sites (tertiary alicyclic amines) is 1. The normalized spacial score (nSPS) is 31.2. The van der Waals surface area contributed by atoms with E-state index in [1.54, 1.807) is 0 Å². The molecule has 2 saturated heterocycles. The predicted octanol–water partition coefficient (Wildman–Crippen LogP) is 0.112. The molecule has 1 amide bonds. The highest BCUT2D eigenvalue weighted by molar-refractivity contribution is 5.74. The van der Waals surface area contributed by atoms with E-state index >= 15 is 0 Å². The number of morpholine rings is 1. The van der Waals surface area contributed by atoms with Crippen LogP contribution in [-0.2, 0) is 9.53 Å². The van der Waals surface area contributed by atoms with Crippen LogP contribution in [0.15, 0.2) is 0 Å². The number of amides is 1. The van der Waals surface area contributed by atoms with Gasteiger partial charge < -0.3 is 15.6 Å². The van der Waals surface area contributed by atoms with Crippen LogP contribution < -0.4 is 5.73 Å². The number of hydrogen-bond acceptors (Lipinski definition) is 4. The molecular weight excluding hydrogens is 232 g/mol. The van der Waals surface area contributed by atoms with Gasteiger partial charge in [-0.3, -0.25) is 9.69 Å². The van der Waals surface area contributed by atoms with Crippen LogP contribution in [0.4, 0.5) is 0 Å². The number of nitrogens with zero attached hydrogens (tertiary/aromatic N) is 1. The van der Waals surface area contributed by atoms with Crippen molar-refractivity contribution in [1.82, 2.24) is 4.90 Å². The summed E-state index contributed by atoms with van der Waals surface area (Å²) in [6, 6.07) is 0. The van der Waals surface area contributed by atoms with Crippen molar-refractivity contribution in [3.63, 3.8) is 0 Å². The lowest BCUT2D eigenvalue weighted by atomic mass is 9.97. The van der Waals surface area contributed by atoms with Gasteiger partial charge in [-0.15, -0.1) is 0 Å². The molecule has 104 valence electrons. The van der Waals surface area contributed by atoms with Crippen molar-refractivity contribution >= 4 is 5.91 Å². The Morgan fingerprint density at radius 2 is 2.06 bits per heavy atom. The molecule has 2 unspecified atom stereocenters. The molecule has 3 N–H and O–H groups in total. The van der Waals surface area contributed by atoms with Crippen LogP contribution in [-0.4, -0.2) is 53.9 Å². The van der Waals surface area contributed by atoms with E-state index in [1.165, 1.54) is 12.8 Å². The topological polar surface area (TPSA) is 75.8 Å². The summed E-state index contributed by atoms with van der Waals surface area (Å²) in [4.78, 5) is 13.2. The standard InChI is InChI=1S/C13H24N2O3/c1-9(12(16)6-13(14)17)4-5-15-7-10-2-3-11(8-15)18-10/h9-12,16H,2-8H2,1H3,(H2,14,17)/t9-,10?,11?,12+/m1/s1. The largest absolute Gasteiger partial charge is 0.392 e. The maximum absolute atomic E-state index is 10.7. The SMILES string of the molecule is C[C@H](CCN1CC2CCC(C1)O2)[C@@H](O)CC(N)=O. The second kappa shape index (κ2) is 5.99. The van der Waals surface area contributed by atoms with Gasteiger partial charge in [-0.05, 0) is 31.7 Å². The molecule has 0 saturated carbocycles. The maximum Gasteiger partial charge on any atom is 0.220 e. The average molecular weight is 256 g/mol. The highest BCUT2D eigenvalue weighted by Gasteiger charge is 2.33. The van der Waals surface area contributed by atoms with Gasteiger partial charge in [-0.1, -0.05) is 6.92 Å². The van der Waals surface area contributed by atoms with E-state index in [4.69, 9.17) is 10.5 Å². The third kappa shape index (κ3) is 3.67. The molecule has 2 rings (SSSR count). The van der Waals surface area contributed by atoms with Gasteiger partial charge in [0.1, 0.15) is 0 Å². The van der Waals surface area contributed by atoms with Crippen LogP contribution >= 0.6 is 0 Å². The summed E-state index contributed by atoms with van der Waals surface area (Å²) < 4.78 is 5.78. The number of aliphatic hydroxyl groups excluding tert-OH is 1. The molecular formula is C13H24N2O3. The summed E-state index contributed by atoms with van der Waals surface area (Å²) in [5.41, 5.74) is 5.09. The molecule has 2 aliphatic heterocycles. The Bertz CT molecular complexity index is 286. The molecule has 2 aliphatic rings. The minimum Gasteiger partial charge on any atom is -0.392 e. The second-order valence-corrected chi connectivity index (χ2v) is 5.72. The Hall–Kier alpha value is -0.650. The lowest BCUT2D eigenvalue weighted by Crippen LogP contribution is -2.43. The number of hydrogen-bond donors (Lipinski definition) is 2. The summed E-state index contributed by atoms with van der Waals surface area (Å²) >= 11 is 0. The van der Waals surface area contributed by atoms with Crippen LogP contribution in [0.25, 0.3) is 0 Å². The Morgan fingerprint density at radius 1 is 1.44 bits per heavy atom. The second-order valence-electron chi connectivity index (χ2n) is 5.72. The molecule has 5 nitrogen and oxygen atoms in total. The summed E-state index contributed by atoms with van der Waals surface area (Å²) in [5, 5.41) is 9.79. The van der Waals surface area contributed by atoms with Crippen molar-refractivity contribution in [2.75, 3.05) is 19.6 Å². The highest BCUT2D eigenvalue weighted by atomic mass is 16.5. The molecule has 2 heterocycles. The number of primary amides is 1. The number of nitrogens with two attached hydrogens (primary N) is 1. The quantitative estimate of drug-likeness (QED) is 0.707. The summed E-state index contributed by atoms with van der Waals surface area (Å²) in [6.45, 7) is 4.96. The summed E-state index contributed by atoms with van der Waals surface area (Å²) in [7, 11) is 0. The maximum atomic E-state index is 10.7. The van der Waals surface area contributed by atoms with Crippen molar-refractivity contribution < 1.29 is 14.6 Å². The van der Waals surface area contributed by atoms with Crippen molar-refractivity contribution in [3.05, 3.63) is 0 Å². The Balaban J connectivity index is 1.69. The first-order valence-corrected chi connectivity index (χ1v) is 6.88. The van der Waals surface area contributed by atoms with Gasteiger partial charge in [0.15, 0.2) is 0 Å². The number of carbonyl (C=O) groups is 1. The Labute approximate surface area is 108 Å². The average Bonchev–Trinajstić information content (AvgIpc) is 2.64. The zero-order valence-electron chi connectivity index (χ0n) is 11.0. The van der Waals surface area contributed by atoms with Gasteiger partial charge in [0.2, 0.25) is 5.91 Å². The van der Waals surface area contributed by atoms with E-state index in [9.17, 15) is 9.90 Å². The lowest BCUT2D eigenvalue weighted by molar-refractivity contribution is -0.120. The number of fused-ring (bicyclic) bond motifs is 2. The fourth-order valence-corrected chi connectivity index (χ4v) is 2.87. The number of ether oxygens (including phenoxy) is 1. The highest BCUT2D eigenvalue weighted by Crippen LogP contribution is 2.26. The monoisotopic (exact) mass is 256 g/mol. The third-order valence-corrected chi connectivity index (χ3v) is 4.09. The molecule has 0 aliphatic carbocycles. The summed E-state index contributed by atoms with van der Waals surface area (Å²) in [6.07, 6.45) is 3.54. The van der Waals surface area contributed by atoms with Crippen LogP contribution in [0.5, 0.6) is 0 Å². The molecule has 18 heavy (non-hydrogen) atoms. The van der Waals surface area contributed by atoms with E-state index in [1.807, 2.05) is 6.92 Å². The molecule has 2 bridgehead atoms. The zero-order chi connectivity index (χ0) is 13.1.